The van der Waals surface area contributed by atoms with E-state index in [4.69, 9.17) is 18.6 Å². The fourth-order valence-corrected chi connectivity index (χ4v) is 3.71. The van der Waals surface area contributed by atoms with E-state index in [-0.39, 0.29) is 16.7 Å². The molecule has 3 rings (SSSR count). The van der Waals surface area contributed by atoms with Crippen molar-refractivity contribution in [2.75, 3.05) is 13.2 Å². The van der Waals surface area contributed by atoms with Crippen LogP contribution in [0.25, 0.3) is 11.0 Å². The number of aliphatic hydroxyl groups excluding tert-OH is 4. The van der Waals surface area contributed by atoms with Gasteiger partial charge in [0.1, 0.15) is 35.7 Å². The van der Waals surface area contributed by atoms with Gasteiger partial charge >= 0.3 is 5.63 Å². The Bertz CT molecular complexity index is 956. The average Bonchev–Trinajstić information content (AvgIpc) is 2.81. The van der Waals surface area contributed by atoms with Gasteiger partial charge < -0.3 is 44.2 Å². The molecule has 1 fully saturated rings. The van der Waals surface area contributed by atoms with E-state index < -0.39 is 48.7 Å². The molecular formula is C23H32O10. The van der Waals surface area contributed by atoms with Crippen molar-refractivity contribution in [3.8, 4) is 17.2 Å². The molecule has 1 aliphatic rings. The summed E-state index contributed by atoms with van der Waals surface area (Å²) in [5.74, 6) is -0.697. The molecule has 1 saturated heterocycles. The Hall–Kier alpha value is -2.37. The number of aromatic hydroxyl groups is 1. The molecule has 1 aromatic carbocycles. The van der Waals surface area contributed by atoms with Crippen molar-refractivity contribution in [3.05, 3.63) is 28.6 Å². The Morgan fingerprint density at radius 1 is 1.00 bits per heavy atom. The summed E-state index contributed by atoms with van der Waals surface area (Å²) >= 11 is 0. The molecule has 184 valence electrons. The maximum absolute atomic E-state index is 12.1. The number of fused-ring (bicyclic) bond motifs is 1. The molecule has 0 radical (unpaired) electrons. The summed E-state index contributed by atoms with van der Waals surface area (Å²) in [7, 11) is 0. The SMILES string of the molecule is CCCCCCCCOc1ccc2c(O[C@@H]3O[C@H](CO)[C@@H](O)[C@H](O)[C@@H]3O)c(O)c(=O)oc2c1. The van der Waals surface area contributed by atoms with Gasteiger partial charge in [0, 0.05) is 6.07 Å². The van der Waals surface area contributed by atoms with Gasteiger partial charge in [0.15, 0.2) is 5.75 Å². The molecular weight excluding hydrogens is 436 g/mol. The fourth-order valence-electron chi connectivity index (χ4n) is 3.71. The molecule has 2 heterocycles. The van der Waals surface area contributed by atoms with Crippen molar-refractivity contribution in [2.24, 2.45) is 0 Å². The third kappa shape index (κ3) is 5.96. The highest BCUT2D eigenvalue weighted by Gasteiger charge is 2.45. The second-order valence-electron chi connectivity index (χ2n) is 8.16. The molecule has 1 aromatic heterocycles. The van der Waals surface area contributed by atoms with Gasteiger partial charge in [-0.1, -0.05) is 39.0 Å². The summed E-state index contributed by atoms with van der Waals surface area (Å²) in [5, 5.41) is 49.8. The van der Waals surface area contributed by atoms with Gasteiger partial charge in [-0.3, -0.25) is 0 Å². The molecule has 1 aliphatic heterocycles. The van der Waals surface area contributed by atoms with Crippen LogP contribution in [0, 0.1) is 0 Å². The first-order valence-electron chi connectivity index (χ1n) is 11.3. The topological polar surface area (TPSA) is 159 Å². The van der Waals surface area contributed by atoms with E-state index in [0.717, 1.165) is 19.3 Å². The molecule has 2 aromatic rings. The number of aliphatic hydroxyl groups is 4. The molecule has 0 bridgehead atoms. The number of hydrogen-bond acceptors (Lipinski definition) is 10. The summed E-state index contributed by atoms with van der Waals surface area (Å²) in [5.41, 5.74) is -0.993. The lowest BCUT2D eigenvalue weighted by atomic mass is 9.99. The molecule has 5 N–H and O–H groups in total. The second kappa shape index (κ2) is 11.7. The number of rotatable bonds is 11. The van der Waals surface area contributed by atoms with Crippen LogP contribution in [0.5, 0.6) is 17.2 Å². The molecule has 5 atom stereocenters. The predicted molar refractivity (Wildman–Crippen MR) is 117 cm³/mol. The Balaban J connectivity index is 1.74. The summed E-state index contributed by atoms with van der Waals surface area (Å²) in [6, 6.07) is 4.64. The predicted octanol–water partition coefficient (Wildman–Crippen LogP) is 1.42. The van der Waals surface area contributed by atoms with Gasteiger partial charge in [-0.05, 0) is 18.6 Å². The van der Waals surface area contributed by atoms with Crippen molar-refractivity contribution >= 4 is 11.0 Å². The highest BCUT2D eigenvalue weighted by atomic mass is 16.7. The smallest absolute Gasteiger partial charge is 0.382 e. The van der Waals surface area contributed by atoms with Crippen LogP contribution >= 0.6 is 0 Å². The van der Waals surface area contributed by atoms with Crippen LogP contribution in [0.2, 0.25) is 0 Å². The summed E-state index contributed by atoms with van der Waals surface area (Å²) in [6.07, 6.45) is -0.978. The van der Waals surface area contributed by atoms with E-state index in [2.05, 4.69) is 6.92 Å². The lowest BCUT2D eigenvalue weighted by molar-refractivity contribution is -0.277. The Labute approximate surface area is 190 Å². The Morgan fingerprint density at radius 2 is 1.73 bits per heavy atom. The maximum atomic E-state index is 12.1. The fraction of sp³-hybridized carbons (Fsp3) is 0.609. The van der Waals surface area contributed by atoms with E-state index >= 15 is 0 Å². The molecule has 10 nitrogen and oxygen atoms in total. The van der Waals surface area contributed by atoms with E-state index in [0.29, 0.717) is 12.4 Å². The number of benzene rings is 1. The summed E-state index contributed by atoms with van der Waals surface area (Å²) < 4.78 is 21.7. The largest absolute Gasteiger partial charge is 0.499 e. The van der Waals surface area contributed by atoms with Gasteiger partial charge in [0.25, 0.3) is 0 Å². The zero-order valence-electron chi connectivity index (χ0n) is 18.6. The molecule has 0 aliphatic carbocycles. The minimum atomic E-state index is -1.70. The first kappa shape index (κ1) is 25.3. The Morgan fingerprint density at radius 3 is 2.45 bits per heavy atom. The minimum absolute atomic E-state index is 0.0813. The normalized spacial score (nSPS) is 25.3. The highest BCUT2D eigenvalue weighted by Crippen LogP contribution is 2.36. The van der Waals surface area contributed by atoms with Gasteiger partial charge in [-0.2, -0.15) is 0 Å². The monoisotopic (exact) mass is 468 g/mol. The number of unbranched alkanes of at least 4 members (excludes halogenated alkanes) is 5. The van der Waals surface area contributed by atoms with Crippen molar-refractivity contribution in [1.82, 2.24) is 0 Å². The first-order chi connectivity index (χ1) is 15.9. The van der Waals surface area contributed by atoms with Crippen LogP contribution in [0.1, 0.15) is 45.4 Å². The Kier molecular flexibility index (Phi) is 8.93. The van der Waals surface area contributed by atoms with Gasteiger partial charge in [0.05, 0.1) is 18.6 Å². The summed E-state index contributed by atoms with van der Waals surface area (Å²) in [6.45, 7) is 2.03. The van der Waals surface area contributed by atoms with Gasteiger partial charge in [-0.15, -0.1) is 0 Å². The van der Waals surface area contributed by atoms with E-state index in [1.807, 2.05) is 0 Å². The van der Waals surface area contributed by atoms with Crippen molar-refractivity contribution in [3.63, 3.8) is 0 Å². The van der Waals surface area contributed by atoms with Gasteiger partial charge in [0.2, 0.25) is 12.0 Å². The molecule has 0 spiro atoms. The number of ether oxygens (including phenoxy) is 3. The van der Waals surface area contributed by atoms with E-state index in [1.165, 1.54) is 31.4 Å². The van der Waals surface area contributed by atoms with Crippen molar-refractivity contribution < 1.29 is 44.2 Å². The minimum Gasteiger partial charge on any atom is -0.499 e. The average molecular weight is 468 g/mol. The summed E-state index contributed by atoms with van der Waals surface area (Å²) in [4.78, 5) is 12.1. The van der Waals surface area contributed by atoms with E-state index in [9.17, 15) is 30.3 Å². The van der Waals surface area contributed by atoms with Crippen molar-refractivity contribution in [1.29, 1.82) is 0 Å². The van der Waals surface area contributed by atoms with Crippen LogP contribution < -0.4 is 15.1 Å². The molecule has 33 heavy (non-hydrogen) atoms. The van der Waals surface area contributed by atoms with Gasteiger partial charge in [-0.25, -0.2) is 4.79 Å². The second-order valence-corrected chi connectivity index (χ2v) is 8.16. The van der Waals surface area contributed by atoms with E-state index in [1.54, 1.807) is 6.07 Å². The number of hydrogen-bond donors (Lipinski definition) is 5. The molecule has 0 unspecified atom stereocenters. The first-order valence-corrected chi connectivity index (χ1v) is 11.3. The molecule has 0 saturated carbocycles. The van der Waals surface area contributed by atoms with Crippen LogP contribution in [0.15, 0.2) is 27.4 Å². The molecule has 0 amide bonds. The molecule has 10 heteroatoms. The third-order valence-electron chi connectivity index (χ3n) is 5.66. The maximum Gasteiger partial charge on any atom is 0.382 e. The zero-order valence-corrected chi connectivity index (χ0v) is 18.6. The highest BCUT2D eigenvalue weighted by molar-refractivity contribution is 5.86. The van der Waals surface area contributed by atoms with Crippen LogP contribution in [-0.2, 0) is 4.74 Å². The van der Waals surface area contributed by atoms with Crippen molar-refractivity contribution in [2.45, 2.75) is 76.2 Å². The standard InChI is InChI=1S/C23H32O10/c1-2-3-4-5-6-7-10-30-13-8-9-14-15(11-13)31-22(29)20(28)21(14)33-23-19(27)18(26)17(25)16(12-24)32-23/h8-9,11,16-19,23-28H,2-7,10,12H2,1H3/t16-,17-,18+,19+,23+/m1/s1. The van der Waals surface area contributed by atoms with Crippen LogP contribution in [0.3, 0.4) is 0 Å². The lowest BCUT2D eigenvalue weighted by Gasteiger charge is -2.39. The lowest BCUT2D eigenvalue weighted by Crippen LogP contribution is -2.60. The van der Waals surface area contributed by atoms with Crippen LogP contribution in [-0.4, -0.2) is 69.5 Å². The zero-order chi connectivity index (χ0) is 24.0. The quantitative estimate of drug-likeness (QED) is 0.241. The third-order valence-corrected chi connectivity index (χ3v) is 5.66. The van der Waals surface area contributed by atoms with Crippen LogP contribution in [0.4, 0.5) is 0 Å².